The van der Waals surface area contributed by atoms with E-state index in [2.05, 4.69) is 29.0 Å². The Morgan fingerprint density at radius 1 is 1.48 bits per heavy atom. The van der Waals surface area contributed by atoms with E-state index in [1.54, 1.807) is 6.08 Å². The molecule has 1 atom stereocenters. The van der Waals surface area contributed by atoms with Crippen LogP contribution in [0.3, 0.4) is 0 Å². The molecule has 0 fully saturated rings. The maximum Gasteiger partial charge on any atom is 0.251 e. The number of carbonyl (C=O) groups excluding carboxylic acids is 2. The summed E-state index contributed by atoms with van der Waals surface area (Å²) in [6, 6.07) is 0. The highest BCUT2D eigenvalue weighted by Gasteiger charge is 2.27. The number of anilines is 1. The lowest BCUT2D eigenvalue weighted by Gasteiger charge is -2.18. The van der Waals surface area contributed by atoms with E-state index in [0.717, 1.165) is 35.5 Å². The first-order chi connectivity index (χ1) is 12.9. The molecule has 0 bridgehead atoms. The van der Waals surface area contributed by atoms with Gasteiger partial charge in [-0.1, -0.05) is 24.8 Å². The van der Waals surface area contributed by atoms with Crippen molar-refractivity contribution < 1.29 is 9.59 Å². The summed E-state index contributed by atoms with van der Waals surface area (Å²) in [5.74, 6) is 0.850. The van der Waals surface area contributed by atoms with Gasteiger partial charge in [-0.05, 0) is 37.7 Å². The van der Waals surface area contributed by atoms with Crippen molar-refractivity contribution in [2.45, 2.75) is 44.8 Å². The number of aryl methyl sites for hydroxylation is 1. The Hall–Kier alpha value is -2.13. The van der Waals surface area contributed by atoms with E-state index in [9.17, 15) is 9.59 Å². The zero-order valence-corrected chi connectivity index (χ0v) is 17.1. The molecule has 27 heavy (non-hydrogen) atoms. The van der Waals surface area contributed by atoms with E-state index in [-0.39, 0.29) is 11.7 Å². The molecule has 7 nitrogen and oxygen atoms in total. The van der Waals surface area contributed by atoms with Crippen molar-refractivity contribution in [3.8, 4) is 0 Å². The lowest BCUT2D eigenvalue weighted by molar-refractivity contribution is -0.113. The Bertz CT molecular complexity index is 887. The molecule has 0 saturated carbocycles. The quantitative estimate of drug-likeness (QED) is 0.545. The molecule has 9 heteroatoms. The summed E-state index contributed by atoms with van der Waals surface area (Å²) in [6.07, 6.45) is 4.55. The molecule has 2 aromatic heterocycles. The molecule has 0 saturated heterocycles. The number of nitrogens with zero attached hydrogens (tertiary/aromatic N) is 3. The second-order valence-electron chi connectivity index (χ2n) is 6.69. The first kappa shape index (κ1) is 19.6. The minimum absolute atomic E-state index is 0.173. The van der Waals surface area contributed by atoms with Crippen LogP contribution in [0.2, 0.25) is 0 Å². The second-order valence-corrected chi connectivity index (χ2v) is 8.73. The molecule has 0 aromatic carbocycles. The number of nitrogens with one attached hydrogen (secondary N) is 1. The molecular weight excluding hydrogens is 382 g/mol. The summed E-state index contributed by atoms with van der Waals surface area (Å²) >= 11 is 2.77. The predicted molar refractivity (Wildman–Crippen MR) is 108 cm³/mol. The summed E-state index contributed by atoms with van der Waals surface area (Å²) in [7, 11) is 0. The van der Waals surface area contributed by atoms with Crippen LogP contribution in [0.4, 0.5) is 5.00 Å². The second kappa shape index (κ2) is 8.26. The molecule has 0 spiro atoms. The average molecular weight is 406 g/mol. The largest absolute Gasteiger partial charge is 0.365 e. The average Bonchev–Trinajstić information content (AvgIpc) is 3.13. The number of aromatic nitrogens is 3. The topological polar surface area (TPSA) is 103 Å². The van der Waals surface area contributed by atoms with Crippen LogP contribution in [0.25, 0.3) is 0 Å². The first-order valence-electron chi connectivity index (χ1n) is 8.78. The van der Waals surface area contributed by atoms with E-state index in [4.69, 9.17) is 5.73 Å². The van der Waals surface area contributed by atoms with Crippen molar-refractivity contribution in [1.82, 2.24) is 14.8 Å². The Kier molecular flexibility index (Phi) is 6.01. The van der Waals surface area contributed by atoms with Gasteiger partial charge in [0.15, 0.2) is 5.16 Å². The maximum atomic E-state index is 12.5. The molecule has 1 aliphatic carbocycles. The van der Waals surface area contributed by atoms with E-state index in [1.165, 1.54) is 23.1 Å². The Morgan fingerprint density at radius 2 is 2.26 bits per heavy atom. The van der Waals surface area contributed by atoms with Gasteiger partial charge in [0.25, 0.3) is 5.91 Å². The van der Waals surface area contributed by atoms with Gasteiger partial charge in [-0.2, -0.15) is 0 Å². The van der Waals surface area contributed by atoms with Crippen LogP contribution in [-0.2, 0) is 24.2 Å². The van der Waals surface area contributed by atoms with E-state index in [1.807, 2.05) is 11.5 Å². The first-order valence-corrected chi connectivity index (χ1v) is 10.6. The highest BCUT2D eigenvalue weighted by molar-refractivity contribution is 7.99. The van der Waals surface area contributed by atoms with Gasteiger partial charge in [-0.25, -0.2) is 0 Å². The summed E-state index contributed by atoms with van der Waals surface area (Å²) < 4.78 is 1.89. The third kappa shape index (κ3) is 4.24. The van der Waals surface area contributed by atoms with Gasteiger partial charge < -0.3 is 15.6 Å². The standard InChI is InChI=1S/C18H23N5O2S2/c1-4-7-23-11(3)21-22-18(23)26-9-14(24)20-17-15(16(19)25)12-6-5-10(2)8-13(12)27-17/h4,10H,1,5-9H2,2-3H3,(H2,19,25)(H,20,24). The molecule has 2 heterocycles. The number of hydrogen-bond donors (Lipinski definition) is 2. The highest BCUT2D eigenvalue weighted by atomic mass is 32.2. The van der Waals surface area contributed by atoms with Gasteiger partial charge in [0.05, 0.1) is 11.3 Å². The number of primary amides is 1. The Labute approximate surface area is 166 Å². The highest BCUT2D eigenvalue weighted by Crippen LogP contribution is 2.39. The van der Waals surface area contributed by atoms with Crippen LogP contribution in [0.5, 0.6) is 0 Å². The Balaban J connectivity index is 1.71. The minimum atomic E-state index is -0.480. The molecule has 2 amide bonds. The SMILES string of the molecule is C=CCn1c(C)nnc1SCC(=O)Nc1sc2c(c1C(N)=O)CCC(C)C2. The molecule has 0 radical (unpaired) electrons. The van der Waals surface area contributed by atoms with Crippen molar-refractivity contribution in [2.24, 2.45) is 11.7 Å². The summed E-state index contributed by atoms with van der Waals surface area (Å²) in [6.45, 7) is 8.37. The number of amides is 2. The van der Waals surface area contributed by atoms with Crippen LogP contribution < -0.4 is 11.1 Å². The molecule has 0 aliphatic heterocycles. The number of nitrogens with two attached hydrogens (primary N) is 1. The number of fused-ring (bicyclic) bond motifs is 1. The molecule has 2 aromatic rings. The van der Waals surface area contributed by atoms with E-state index in [0.29, 0.717) is 28.2 Å². The third-order valence-corrected chi connectivity index (χ3v) is 6.69. The molecule has 3 N–H and O–H groups in total. The van der Waals surface area contributed by atoms with Gasteiger partial charge >= 0.3 is 0 Å². The fourth-order valence-electron chi connectivity index (χ4n) is 3.20. The third-order valence-electron chi connectivity index (χ3n) is 4.56. The Morgan fingerprint density at radius 3 is 2.96 bits per heavy atom. The monoisotopic (exact) mass is 405 g/mol. The van der Waals surface area contributed by atoms with Gasteiger partial charge in [0.1, 0.15) is 10.8 Å². The molecule has 1 unspecified atom stereocenters. The number of rotatable bonds is 7. The fourth-order valence-corrected chi connectivity index (χ4v) is 5.43. The van der Waals surface area contributed by atoms with E-state index < -0.39 is 5.91 Å². The fraction of sp³-hybridized carbons (Fsp3) is 0.444. The van der Waals surface area contributed by atoms with Crippen molar-refractivity contribution >= 4 is 39.9 Å². The van der Waals surface area contributed by atoms with Crippen molar-refractivity contribution in [2.75, 3.05) is 11.1 Å². The smallest absolute Gasteiger partial charge is 0.251 e. The number of thiophene rings is 1. The number of thioether (sulfide) groups is 1. The van der Waals surface area contributed by atoms with E-state index >= 15 is 0 Å². The predicted octanol–water partition coefficient (Wildman–Crippen LogP) is 2.79. The minimum Gasteiger partial charge on any atom is -0.365 e. The zero-order valence-electron chi connectivity index (χ0n) is 15.4. The molecular formula is C18H23N5O2S2. The van der Waals surface area contributed by atoms with Crippen LogP contribution in [0.1, 0.15) is 40.0 Å². The van der Waals surface area contributed by atoms with Crippen molar-refractivity contribution in [1.29, 1.82) is 0 Å². The van der Waals surface area contributed by atoms with Gasteiger partial charge in [-0.15, -0.1) is 28.1 Å². The number of carbonyl (C=O) groups is 2. The summed E-state index contributed by atoms with van der Waals surface area (Å²) in [5.41, 5.74) is 7.08. The van der Waals surface area contributed by atoms with Crippen molar-refractivity contribution in [3.63, 3.8) is 0 Å². The lowest BCUT2D eigenvalue weighted by Crippen LogP contribution is -2.20. The zero-order chi connectivity index (χ0) is 19.6. The maximum absolute atomic E-state index is 12.5. The van der Waals surface area contributed by atoms with Gasteiger partial charge in [0.2, 0.25) is 5.91 Å². The van der Waals surface area contributed by atoms with Crippen LogP contribution in [-0.4, -0.2) is 32.3 Å². The molecule has 3 rings (SSSR count). The van der Waals surface area contributed by atoms with Gasteiger partial charge in [0, 0.05) is 11.4 Å². The van der Waals surface area contributed by atoms with Gasteiger partial charge in [-0.3, -0.25) is 9.59 Å². The van der Waals surface area contributed by atoms with Crippen LogP contribution in [0, 0.1) is 12.8 Å². The lowest BCUT2D eigenvalue weighted by atomic mass is 9.88. The normalized spacial score (nSPS) is 16.0. The molecule has 144 valence electrons. The van der Waals surface area contributed by atoms with Crippen molar-refractivity contribution in [3.05, 3.63) is 34.5 Å². The van der Waals surface area contributed by atoms with Crippen LogP contribution in [0.15, 0.2) is 17.8 Å². The molecule has 1 aliphatic rings. The summed E-state index contributed by atoms with van der Waals surface area (Å²) in [5, 5.41) is 12.2. The number of hydrogen-bond acceptors (Lipinski definition) is 6. The van der Waals surface area contributed by atoms with Crippen LogP contribution >= 0.6 is 23.1 Å². The number of allylic oxidation sites excluding steroid dienone is 1. The summed E-state index contributed by atoms with van der Waals surface area (Å²) in [4.78, 5) is 25.6.